The van der Waals surface area contributed by atoms with Gasteiger partial charge in [-0.3, -0.25) is 19.9 Å². The third-order valence-electron chi connectivity index (χ3n) is 13.8. The molecule has 0 bridgehead atoms. The highest BCUT2D eigenvalue weighted by atomic mass is 14.8. The summed E-state index contributed by atoms with van der Waals surface area (Å²) in [6.45, 7) is 4.42. The van der Waals surface area contributed by atoms with E-state index in [0.717, 1.165) is 111 Å². The highest BCUT2D eigenvalue weighted by Gasteiger charge is 2.47. The van der Waals surface area contributed by atoms with Crippen molar-refractivity contribution in [2.75, 3.05) is 0 Å². The van der Waals surface area contributed by atoms with Gasteiger partial charge < -0.3 is 0 Å². The molecule has 1 aliphatic carbocycles. The highest BCUT2D eigenvalue weighted by molar-refractivity contribution is 6.04. The Hall–Kier alpha value is -8.74. The van der Waals surface area contributed by atoms with Crippen molar-refractivity contribution in [2.24, 2.45) is 0 Å². The van der Waals surface area contributed by atoms with E-state index in [9.17, 15) is 0 Å². The summed E-state index contributed by atoms with van der Waals surface area (Å²) in [4.78, 5) is 29.8. The van der Waals surface area contributed by atoms with E-state index in [1.807, 2.05) is 49.1 Å². The molecule has 1 aliphatic rings. The van der Waals surface area contributed by atoms with Crippen molar-refractivity contribution in [3.63, 3.8) is 0 Å². The van der Waals surface area contributed by atoms with Crippen LogP contribution in [0.1, 0.15) is 33.4 Å². The Kier molecular flexibility index (Phi) is 8.77. The minimum Gasteiger partial charge on any atom is -0.256 e. The van der Waals surface area contributed by atoms with E-state index in [1.54, 1.807) is 0 Å². The zero-order valence-electron chi connectivity index (χ0n) is 36.8. The van der Waals surface area contributed by atoms with Gasteiger partial charge in [0.2, 0.25) is 0 Å². The lowest BCUT2D eigenvalue weighted by molar-refractivity contribution is 0.767. The molecule has 12 aromatic rings. The molecule has 6 heteroatoms. The first-order valence-corrected chi connectivity index (χ1v) is 22.7. The number of nitrogens with zero attached hydrogens (tertiary/aromatic N) is 6. The first-order chi connectivity index (χ1) is 33.0. The number of pyridine rings is 6. The first-order valence-electron chi connectivity index (χ1n) is 22.7. The zero-order chi connectivity index (χ0) is 44.6. The molecule has 13 rings (SSSR count). The number of rotatable bonds is 6. The van der Waals surface area contributed by atoms with E-state index in [1.165, 1.54) is 22.3 Å². The van der Waals surface area contributed by atoms with Gasteiger partial charge in [0, 0.05) is 68.6 Å². The molecule has 0 amide bonds. The van der Waals surface area contributed by atoms with Crippen molar-refractivity contribution >= 4 is 43.6 Å². The van der Waals surface area contributed by atoms with Crippen LogP contribution < -0.4 is 0 Å². The molecule has 314 valence electrons. The molecular formula is C61H40N6. The minimum atomic E-state index is -0.749. The molecule has 6 heterocycles. The number of hydrogen-bond acceptors (Lipinski definition) is 6. The van der Waals surface area contributed by atoms with Crippen LogP contribution in [0.3, 0.4) is 0 Å². The van der Waals surface area contributed by atoms with Gasteiger partial charge in [-0.2, -0.15) is 0 Å². The van der Waals surface area contributed by atoms with Crippen molar-refractivity contribution in [3.05, 3.63) is 240 Å². The predicted octanol–water partition coefficient (Wildman–Crippen LogP) is 14.3. The summed E-state index contributed by atoms with van der Waals surface area (Å²) < 4.78 is 0. The number of hydrogen-bond donors (Lipinski definition) is 0. The van der Waals surface area contributed by atoms with Crippen LogP contribution in [0.25, 0.3) is 99.8 Å². The van der Waals surface area contributed by atoms with Crippen molar-refractivity contribution in [1.29, 1.82) is 0 Å². The van der Waals surface area contributed by atoms with E-state index in [0.29, 0.717) is 0 Å². The maximum absolute atomic E-state index is 5.30. The van der Waals surface area contributed by atoms with E-state index in [2.05, 4.69) is 172 Å². The van der Waals surface area contributed by atoms with Crippen molar-refractivity contribution in [2.45, 2.75) is 19.3 Å². The first kappa shape index (κ1) is 38.7. The molecule has 6 aromatic heterocycles. The van der Waals surface area contributed by atoms with Crippen LogP contribution in [0.15, 0.2) is 207 Å². The molecule has 0 saturated heterocycles. The lowest BCUT2D eigenvalue weighted by Gasteiger charge is -2.35. The molecule has 0 aliphatic heterocycles. The Morgan fingerprint density at radius 2 is 0.731 bits per heavy atom. The van der Waals surface area contributed by atoms with Crippen molar-refractivity contribution < 1.29 is 0 Å². The van der Waals surface area contributed by atoms with Gasteiger partial charge in [-0.1, -0.05) is 121 Å². The summed E-state index contributed by atoms with van der Waals surface area (Å²) in [7, 11) is 0. The summed E-state index contributed by atoms with van der Waals surface area (Å²) in [5.41, 5.74) is 20.2. The summed E-state index contributed by atoms with van der Waals surface area (Å²) in [5.74, 6) is 0. The molecule has 67 heavy (non-hydrogen) atoms. The Bertz CT molecular complexity index is 3700. The van der Waals surface area contributed by atoms with E-state index in [-0.39, 0.29) is 0 Å². The smallest absolute Gasteiger partial charge is 0.0972 e. The van der Waals surface area contributed by atoms with Gasteiger partial charge in [-0.05, 0) is 119 Å². The summed E-state index contributed by atoms with van der Waals surface area (Å²) >= 11 is 0. The van der Waals surface area contributed by atoms with Gasteiger partial charge in [0.15, 0.2) is 0 Å². The molecule has 0 atom stereocenters. The molecule has 0 radical (unpaired) electrons. The van der Waals surface area contributed by atoms with E-state index < -0.39 is 5.41 Å². The molecule has 0 N–H and O–H groups in total. The van der Waals surface area contributed by atoms with Crippen molar-refractivity contribution in [3.8, 4) is 56.2 Å². The van der Waals surface area contributed by atoms with Crippen LogP contribution in [-0.2, 0) is 5.41 Å². The second-order valence-corrected chi connectivity index (χ2v) is 17.6. The van der Waals surface area contributed by atoms with Gasteiger partial charge in [-0.25, -0.2) is 9.97 Å². The van der Waals surface area contributed by atoms with Crippen LogP contribution in [0.5, 0.6) is 0 Å². The fraction of sp³-hybridized carbons (Fsp3) is 0.0492. The Morgan fingerprint density at radius 1 is 0.313 bits per heavy atom. The maximum atomic E-state index is 5.30. The molecule has 0 unspecified atom stereocenters. The average Bonchev–Trinajstić information content (AvgIpc) is 3.68. The Morgan fingerprint density at radius 3 is 1.16 bits per heavy atom. The highest BCUT2D eigenvalue weighted by Crippen LogP contribution is 2.58. The summed E-state index contributed by atoms with van der Waals surface area (Å²) in [6.07, 6.45) is 7.43. The van der Waals surface area contributed by atoms with Crippen molar-refractivity contribution in [1.82, 2.24) is 29.9 Å². The molecular weight excluding hydrogens is 817 g/mol. The van der Waals surface area contributed by atoms with Gasteiger partial charge in [0.1, 0.15) is 0 Å². The van der Waals surface area contributed by atoms with Gasteiger partial charge in [0.25, 0.3) is 0 Å². The maximum Gasteiger partial charge on any atom is 0.0972 e. The Labute approximate surface area is 387 Å². The van der Waals surface area contributed by atoms with Gasteiger partial charge in [0.05, 0.1) is 50.3 Å². The number of benzene rings is 6. The number of aromatic nitrogens is 6. The predicted molar refractivity (Wildman–Crippen MR) is 272 cm³/mol. The molecule has 0 spiro atoms. The van der Waals surface area contributed by atoms with Crippen LogP contribution in [0.2, 0.25) is 0 Å². The molecule has 0 fully saturated rings. The average molecular weight is 857 g/mol. The van der Waals surface area contributed by atoms with E-state index >= 15 is 0 Å². The fourth-order valence-electron chi connectivity index (χ4n) is 10.6. The Balaban J connectivity index is 1.06. The zero-order valence-corrected chi connectivity index (χ0v) is 36.8. The second kappa shape index (κ2) is 15.2. The van der Waals surface area contributed by atoms with E-state index in [4.69, 9.17) is 29.9 Å². The van der Waals surface area contributed by atoms with Crippen LogP contribution >= 0.6 is 0 Å². The van der Waals surface area contributed by atoms with Gasteiger partial charge in [-0.15, -0.1) is 0 Å². The second-order valence-electron chi connectivity index (χ2n) is 17.6. The number of aryl methyl sites for hydroxylation is 2. The summed E-state index contributed by atoms with van der Waals surface area (Å²) in [6, 6.07) is 65.1. The van der Waals surface area contributed by atoms with Crippen LogP contribution in [0, 0.1) is 13.8 Å². The largest absolute Gasteiger partial charge is 0.256 e. The van der Waals surface area contributed by atoms with Crippen LogP contribution in [0.4, 0.5) is 0 Å². The van der Waals surface area contributed by atoms with Crippen LogP contribution in [-0.4, -0.2) is 29.9 Å². The molecule has 6 aromatic carbocycles. The molecule has 6 nitrogen and oxygen atoms in total. The quantitative estimate of drug-likeness (QED) is 0.155. The standard InChI is InChI=1S/C61H40N6/c1-37-33-45(21-25-47(37)55-27-19-41-15-13-39-9-7-31-64-57(39)59(41)66-55)61(46-22-26-48(38(2)34-46)56-28-20-42-16-14-40-10-8-32-65-58(40)60(42)67-56)51-35-43(53-11-3-5-29-62-53)17-23-49(51)50-24-18-44(36-52(50)61)54-12-4-6-30-63-54/h3-36H,1-2H3. The third-order valence-corrected chi connectivity index (χ3v) is 13.8. The lowest BCUT2D eigenvalue weighted by Crippen LogP contribution is -2.29. The van der Waals surface area contributed by atoms with Gasteiger partial charge >= 0.3 is 0 Å². The third kappa shape index (κ3) is 6.10. The summed E-state index contributed by atoms with van der Waals surface area (Å²) in [5, 5.41) is 4.28. The monoisotopic (exact) mass is 856 g/mol. The lowest BCUT2D eigenvalue weighted by atomic mass is 9.66. The minimum absolute atomic E-state index is 0.749. The normalized spacial score (nSPS) is 12.7. The molecule has 0 saturated carbocycles. The number of fused-ring (bicyclic) bond motifs is 9. The SMILES string of the molecule is Cc1cc(C2(c3ccc(-c4ccc5ccc6cccnc6c5n4)c(C)c3)c3cc(-c4ccccn4)ccc3-c3ccc(-c4ccccn4)cc32)ccc1-c1ccc2ccc3cccnc3c2n1. The fourth-order valence-corrected chi connectivity index (χ4v) is 10.6. The topological polar surface area (TPSA) is 77.3 Å².